The maximum absolute atomic E-state index is 12.6. The summed E-state index contributed by atoms with van der Waals surface area (Å²) in [6, 6.07) is 16.8. The molecule has 0 radical (unpaired) electrons. The highest BCUT2D eigenvalue weighted by molar-refractivity contribution is 5.86. The molecule has 2 aromatic heterocycles. The van der Waals surface area contributed by atoms with Gasteiger partial charge in [0.05, 0.1) is 23.1 Å². The minimum atomic E-state index is -0.667. The fourth-order valence-electron chi connectivity index (χ4n) is 3.36. The lowest BCUT2D eigenvalue weighted by atomic mass is 10.0. The Hall–Kier alpha value is -3.25. The van der Waals surface area contributed by atoms with Gasteiger partial charge in [-0.25, -0.2) is 0 Å². The number of pyridine rings is 1. The number of nitrogens with two attached hydrogens (primary N) is 1. The van der Waals surface area contributed by atoms with Crippen LogP contribution >= 0.6 is 0 Å². The van der Waals surface area contributed by atoms with Crippen molar-refractivity contribution in [3.8, 4) is 0 Å². The van der Waals surface area contributed by atoms with Crippen LogP contribution in [-0.2, 0) is 11.2 Å². The number of H-pyrrole nitrogens is 1. The zero-order valence-electron chi connectivity index (χ0n) is 15.0. The molecule has 27 heavy (non-hydrogen) atoms. The third-order valence-electron chi connectivity index (χ3n) is 4.79. The van der Waals surface area contributed by atoms with Gasteiger partial charge >= 0.3 is 0 Å². The molecule has 0 aliphatic carbocycles. The van der Waals surface area contributed by atoms with Crippen molar-refractivity contribution in [3.05, 3.63) is 72.1 Å². The molecular formula is C21H21N5O. The average molecular weight is 359 g/mol. The van der Waals surface area contributed by atoms with Gasteiger partial charge in [0.25, 0.3) is 0 Å². The molecule has 0 bridgehead atoms. The van der Waals surface area contributed by atoms with Crippen molar-refractivity contribution >= 4 is 27.7 Å². The smallest absolute Gasteiger partial charge is 0.237 e. The maximum atomic E-state index is 12.6. The third-order valence-corrected chi connectivity index (χ3v) is 4.79. The van der Waals surface area contributed by atoms with Gasteiger partial charge in [-0.05, 0) is 19.1 Å². The molecule has 4 aromatic rings. The zero-order valence-corrected chi connectivity index (χ0v) is 15.0. The molecule has 6 nitrogen and oxygen atoms in total. The quantitative estimate of drug-likeness (QED) is 0.510. The number of carbonyl (C=O) groups excluding carboxylic acids is 1. The average Bonchev–Trinajstić information content (AvgIpc) is 3.10. The zero-order chi connectivity index (χ0) is 18.8. The Labute approximate surface area is 156 Å². The van der Waals surface area contributed by atoms with Gasteiger partial charge in [-0.1, -0.05) is 42.5 Å². The number of fused-ring (bicyclic) bond motifs is 2. The maximum Gasteiger partial charge on any atom is 0.237 e. The van der Waals surface area contributed by atoms with E-state index in [1.807, 2.05) is 61.5 Å². The minimum Gasteiger partial charge on any atom is -0.348 e. The summed E-state index contributed by atoms with van der Waals surface area (Å²) in [5.74, 6) is -0.200. The van der Waals surface area contributed by atoms with Gasteiger partial charge in [0.1, 0.15) is 0 Å². The van der Waals surface area contributed by atoms with Crippen LogP contribution in [0.3, 0.4) is 0 Å². The van der Waals surface area contributed by atoms with Crippen molar-refractivity contribution in [2.75, 3.05) is 0 Å². The number of nitrogens with zero attached hydrogens (tertiary/aromatic N) is 2. The second kappa shape index (κ2) is 7.17. The van der Waals surface area contributed by atoms with E-state index in [1.165, 1.54) is 0 Å². The molecular weight excluding hydrogens is 338 g/mol. The Morgan fingerprint density at radius 3 is 2.85 bits per heavy atom. The Kier molecular flexibility index (Phi) is 4.56. The van der Waals surface area contributed by atoms with E-state index in [0.717, 1.165) is 33.1 Å². The molecule has 2 aromatic carbocycles. The van der Waals surface area contributed by atoms with Crippen LogP contribution < -0.4 is 11.1 Å². The van der Waals surface area contributed by atoms with Crippen molar-refractivity contribution in [3.63, 3.8) is 0 Å². The topological polar surface area (TPSA) is 96.7 Å². The molecule has 4 N–H and O–H groups in total. The van der Waals surface area contributed by atoms with E-state index in [-0.39, 0.29) is 11.9 Å². The molecule has 0 fully saturated rings. The number of rotatable bonds is 5. The van der Waals surface area contributed by atoms with E-state index in [9.17, 15) is 4.79 Å². The second-order valence-corrected chi connectivity index (χ2v) is 6.68. The summed E-state index contributed by atoms with van der Waals surface area (Å²) >= 11 is 0. The van der Waals surface area contributed by atoms with Gasteiger partial charge in [-0.15, -0.1) is 0 Å². The number of carbonyl (C=O) groups is 1. The number of nitrogens with one attached hydrogen (secondary N) is 2. The number of benzene rings is 2. The van der Waals surface area contributed by atoms with Crippen LogP contribution in [0.25, 0.3) is 21.8 Å². The molecule has 0 saturated carbocycles. The van der Waals surface area contributed by atoms with E-state index in [1.54, 1.807) is 6.20 Å². The first-order valence-electron chi connectivity index (χ1n) is 8.95. The van der Waals surface area contributed by atoms with E-state index in [0.29, 0.717) is 6.42 Å². The number of hydrogen-bond acceptors (Lipinski definition) is 4. The molecule has 0 saturated heterocycles. The van der Waals surface area contributed by atoms with E-state index >= 15 is 0 Å². The van der Waals surface area contributed by atoms with Gasteiger partial charge in [-0.2, -0.15) is 5.10 Å². The van der Waals surface area contributed by atoms with Crippen LogP contribution in [0, 0.1) is 0 Å². The summed E-state index contributed by atoms with van der Waals surface area (Å²) in [6.07, 6.45) is 2.16. The van der Waals surface area contributed by atoms with Gasteiger partial charge in [0.15, 0.2) is 0 Å². The lowest BCUT2D eigenvalue weighted by molar-refractivity contribution is -0.123. The summed E-state index contributed by atoms with van der Waals surface area (Å²) in [5.41, 5.74) is 9.76. The molecule has 6 heteroatoms. The monoisotopic (exact) mass is 359 g/mol. The van der Waals surface area contributed by atoms with Crippen molar-refractivity contribution in [1.82, 2.24) is 20.5 Å². The van der Waals surface area contributed by atoms with Crippen molar-refractivity contribution in [2.24, 2.45) is 5.73 Å². The van der Waals surface area contributed by atoms with Gasteiger partial charge < -0.3 is 11.1 Å². The lowest BCUT2D eigenvalue weighted by Crippen LogP contribution is -2.43. The molecule has 1 amide bonds. The second-order valence-electron chi connectivity index (χ2n) is 6.68. The largest absolute Gasteiger partial charge is 0.348 e. The Morgan fingerprint density at radius 2 is 1.96 bits per heavy atom. The number of aromatic amines is 1. The van der Waals surface area contributed by atoms with Gasteiger partial charge in [-0.3, -0.25) is 14.9 Å². The molecule has 2 heterocycles. The predicted molar refractivity (Wildman–Crippen MR) is 106 cm³/mol. The highest BCUT2D eigenvalue weighted by Crippen LogP contribution is 2.22. The Balaban J connectivity index is 1.49. The highest BCUT2D eigenvalue weighted by Gasteiger charge is 2.20. The molecule has 4 rings (SSSR count). The third kappa shape index (κ3) is 3.39. The first kappa shape index (κ1) is 17.2. The fraction of sp³-hybridized carbons (Fsp3) is 0.190. The van der Waals surface area contributed by atoms with Crippen LogP contribution in [-0.4, -0.2) is 27.1 Å². The molecule has 0 aliphatic rings. The first-order chi connectivity index (χ1) is 13.1. The Morgan fingerprint density at radius 1 is 1.15 bits per heavy atom. The van der Waals surface area contributed by atoms with Crippen molar-refractivity contribution < 1.29 is 4.79 Å². The van der Waals surface area contributed by atoms with Crippen LogP contribution in [0.15, 0.2) is 60.8 Å². The van der Waals surface area contributed by atoms with E-state index in [2.05, 4.69) is 20.5 Å². The SMILES string of the molecule is CC(NC(=O)C(N)Cc1[nH]nc2ccccc12)c1cccc2cccnc12. The number of para-hydroxylation sites is 2. The molecule has 0 aliphatic heterocycles. The van der Waals surface area contributed by atoms with Crippen LogP contribution in [0.1, 0.15) is 24.2 Å². The summed E-state index contributed by atoms with van der Waals surface area (Å²) in [5, 5.41) is 12.3. The predicted octanol–water partition coefficient (Wildman–Crippen LogP) is 2.86. The van der Waals surface area contributed by atoms with Crippen LogP contribution in [0.2, 0.25) is 0 Å². The van der Waals surface area contributed by atoms with Crippen molar-refractivity contribution in [1.29, 1.82) is 0 Å². The molecule has 136 valence electrons. The summed E-state index contributed by atoms with van der Waals surface area (Å²) in [6.45, 7) is 1.94. The standard InChI is InChI=1S/C21H21N5O/c1-13(15-9-4-6-14-7-5-11-23-20(14)15)24-21(27)17(22)12-19-16-8-2-3-10-18(16)25-26-19/h2-11,13,17H,12,22H2,1H3,(H,24,27)(H,25,26). The lowest BCUT2D eigenvalue weighted by Gasteiger charge is -2.18. The van der Waals surface area contributed by atoms with E-state index < -0.39 is 6.04 Å². The van der Waals surface area contributed by atoms with Crippen molar-refractivity contribution in [2.45, 2.75) is 25.4 Å². The first-order valence-corrected chi connectivity index (χ1v) is 8.95. The highest BCUT2D eigenvalue weighted by atomic mass is 16.2. The molecule has 2 atom stereocenters. The summed E-state index contributed by atoms with van der Waals surface area (Å²) in [4.78, 5) is 17.1. The minimum absolute atomic E-state index is 0.194. The number of amides is 1. The van der Waals surface area contributed by atoms with Crippen LogP contribution in [0.5, 0.6) is 0 Å². The normalized spacial score (nSPS) is 13.6. The van der Waals surface area contributed by atoms with E-state index in [4.69, 9.17) is 5.73 Å². The summed E-state index contributed by atoms with van der Waals surface area (Å²) < 4.78 is 0. The number of aromatic nitrogens is 3. The van der Waals surface area contributed by atoms with Crippen LogP contribution in [0.4, 0.5) is 0 Å². The van der Waals surface area contributed by atoms with Gasteiger partial charge in [0.2, 0.25) is 5.91 Å². The number of hydrogen-bond donors (Lipinski definition) is 3. The Bertz CT molecular complexity index is 1100. The fourth-order valence-corrected chi connectivity index (χ4v) is 3.36. The molecule has 0 spiro atoms. The molecule has 2 unspecified atom stereocenters. The van der Waals surface area contributed by atoms with Gasteiger partial charge in [0, 0.05) is 34.6 Å². The summed E-state index contributed by atoms with van der Waals surface area (Å²) in [7, 11) is 0.